The summed E-state index contributed by atoms with van der Waals surface area (Å²) in [5.74, 6) is -4.63. The number of halogens is 4. The van der Waals surface area contributed by atoms with Gasteiger partial charge in [-0.1, -0.05) is 15.9 Å². The lowest BCUT2D eigenvalue weighted by Gasteiger charge is -2.15. The van der Waals surface area contributed by atoms with Crippen molar-refractivity contribution in [2.45, 2.75) is 6.36 Å². The predicted octanol–water partition coefficient (Wildman–Crippen LogP) is 2.68. The molecule has 0 aliphatic rings. The van der Waals surface area contributed by atoms with Gasteiger partial charge in [0, 0.05) is 10.0 Å². The molecular formula is C14H8BrF3N2O6. The molecule has 0 atom stereocenters. The largest absolute Gasteiger partial charge is 0.573 e. The minimum atomic E-state index is -4.96. The molecule has 0 saturated carbocycles. The van der Waals surface area contributed by atoms with E-state index in [0.717, 1.165) is 18.2 Å². The first-order valence-corrected chi connectivity index (χ1v) is 7.29. The number of aromatic amines is 1. The molecular weight excluding hydrogens is 429 g/mol. The molecule has 26 heavy (non-hydrogen) atoms. The highest BCUT2D eigenvalue weighted by Gasteiger charge is 2.32. The normalized spacial score (nSPS) is 11.2. The van der Waals surface area contributed by atoms with Gasteiger partial charge >= 0.3 is 18.3 Å². The first kappa shape index (κ1) is 19.3. The molecule has 1 heterocycles. The number of nitrogen functional groups attached to an aromatic ring is 1. The molecule has 0 bridgehead atoms. The Hall–Kier alpha value is -3.02. The van der Waals surface area contributed by atoms with E-state index in [-0.39, 0.29) is 10.0 Å². The number of aromatic carboxylic acids is 2. The third-order valence-corrected chi connectivity index (χ3v) is 3.77. The number of carboxylic acid groups (broad SMARTS) is 2. The van der Waals surface area contributed by atoms with Gasteiger partial charge in [-0.2, -0.15) is 0 Å². The molecule has 0 amide bonds. The van der Waals surface area contributed by atoms with Gasteiger partial charge in [0.25, 0.3) is 5.56 Å². The molecule has 0 fully saturated rings. The molecule has 1 aromatic heterocycles. The van der Waals surface area contributed by atoms with Crippen LogP contribution in [0, 0.1) is 0 Å². The fraction of sp³-hybridized carbons (Fsp3) is 0.0714. The lowest BCUT2D eigenvalue weighted by molar-refractivity contribution is -0.274. The highest BCUT2D eigenvalue weighted by Crippen LogP contribution is 2.37. The second-order valence-electron chi connectivity index (χ2n) is 4.79. The third kappa shape index (κ3) is 3.79. The topological polar surface area (TPSA) is 143 Å². The van der Waals surface area contributed by atoms with Gasteiger partial charge in [0.15, 0.2) is 0 Å². The Bertz CT molecular complexity index is 970. The zero-order chi connectivity index (χ0) is 19.8. The van der Waals surface area contributed by atoms with Crippen molar-refractivity contribution in [3.8, 4) is 16.9 Å². The van der Waals surface area contributed by atoms with E-state index < -0.39 is 52.1 Å². The van der Waals surface area contributed by atoms with E-state index in [9.17, 15) is 37.8 Å². The van der Waals surface area contributed by atoms with Gasteiger partial charge in [-0.3, -0.25) is 4.79 Å². The van der Waals surface area contributed by atoms with Crippen LogP contribution in [0.25, 0.3) is 11.1 Å². The minimum absolute atomic E-state index is 0.144. The van der Waals surface area contributed by atoms with Gasteiger partial charge < -0.3 is 25.7 Å². The highest BCUT2D eigenvalue weighted by atomic mass is 79.9. The average molecular weight is 437 g/mol. The maximum absolute atomic E-state index is 12.3. The number of rotatable bonds is 4. The summed E-state index contributed by atoms with van der Waals surface area (Å²) in [5, 5.41) is 18.6. The molecule has 2 aromatic rings. The SMILES string of the molecule is Nc1[nH]c(=O)c(C(=O)O)c(-c2ccc(OC(F)(F)F)cc2Br)c1C(=O)O. The van der Waals surface area contributed by atoms with Crippen LogP contribution in [-0.4, -0.2) is 33.5 Å². The third-order valence-electron chi connectivity index (χ3n) is 3.12. The number of H-pyrrole nitrogens is 1. The number of nitrogens with two attached hydrogens (primary N) is 1. The van der Waals surface area contributed by atoms with Gasteiger partial charge in [0.1, 0.15) is 22.7 Å². The molecule has 138 valence electrons. The van der Waals surface area contributed by atoms with Crippen LogP contribution in [-0.2, 0) is 0 Å². The summed E-state index contributed by atoms with van der Waals surface area (Å²) in [6.07, 6.45) is -4.96. The van der Waals surface area contributed by atoms with E-state index in [1.807, 2.05) is 4.98 Å². The Balaban J connectivity index is 2.81. The Labute approximate surface area is 150 Å². The van der Waals surface area contributed by atoms with Crippen molar-refractivity contribution < 1.29 is 37.7 Å². The Morgan fingerprint density at radius 1 is 1.15 bits per heavy atom. The Kier molecular flexibility index (Phi) is 4.98. The second-order valence-corrected chi connectivity index (χ2v) is 5.65. The van der Waals surface area contributed by atoms with Crippen LogP contribution in [0.3, 0.4) is 0 Å². The fourth-order valence-electron chi connectivity index (χ4n) is 2.21. The van der Waals surface area contributed by atoms with E-state index >= 15 is 0 Å². The number of alkyl halides is 3. The average Bonchev–Trinajstić information content (AvgIpc) is 2.43. The lowest BCUT2D eigenvalue weighted by atomic mass is 9.95. The number of pyridine rings is 1. The smallest absolute Gasteiger partial charge is 0.478 e. The lowest BCUT2D eigenvalue weighted by Crippen LogP contribution is -2.24. The first-order valence-electron chi connectivity index (χ1n) is 6.50. The number of hydrogen-bond acceptors (Lipinski definition) is 5. The summed E-state index contributed by atoms with van der Waals surface area (Å²) < 4.78 is 40.4. The number of benzene rings is 1. The van der Waals surface area contributed by atoms with Gasteiger partial charge in [0.2, 0.25) is 0 Å². The van der Waals surface area contributed by atoms with Crippen molar-refractivity contribution in [3.63, 3.8) is 0 Å². The van der Waals surface area contributed by atoms with Crippen LogP contribution in [0.2, 0.25) is 0 Å². The number of anilines is 1. The standard InChI is InChI=1S/C14H8BrF3N2O6/c15-6-3-4(26-14(16,17)18)1-2-5(6)7-8(12(22)23)10(19)20-11(21)9(7)13(24)25/h1-3H,(H,22,23)(H,24,25)(H3,19,20,21). The summed E-state index contributed by atoms with van der Waals surface area (Å²) in [7, 11) is 0. The van der Waals surface area contributed by atoms with E-state index in [0.29, 0.717) is 0 Å². The summed E-state index contributed by atoms with van der Waals surface area (Å²) in [6, 6.07) is 2.65. The number of ether oxygens (including phenoxy) is 1. The number of hydrogen-bond donors (Lipinski definition) is 4. The van der Waals surface area contributed by atoms with Crippen molar-refractivity contribution in [1.29, 1.82) is 0 Å². The molecule has 0 spiro atoms. The van der Waals surface area contributed by atoms with E-state index in [2.05, 4.69) is 20.7 Å². The summed E-state index contributed by atoms with van der Waals surface area (Å²) >= 11 is 2.92. The van der Waals surface area contributed by atoms with Crippen LogP contribution in [0.15, 0.2) is 27.5 Å². The van der Waals surface area contributed by atoms with Gasteiger partial charge in [0.05, 0.1) is 0 Å². The summed E-state index contributed by atoms with van der Waals surface area (Å²) in [5.41, 5.74) is 1.93. The van der Waals surface area contributed by atoms with E-state index in [1.165, 1.54) is 0 Å². The number of carboxylic acids is 2. The summed E-state index contributed by atoms with van der Waals surface area (Å²) in [4.78, 5) is 36.7. The molecule has 0 radical (unpaired) electrons. The first-order chi connectivity index (χ1) is 11.9. The number of carbonyl (C=O) groups is 2. The van der Waals surface area contributed by atoms with Crippen molar-refractivity contribution in [3.05, 3.63) is 44.2 Å². The zero-order valence-corrected chi connectivity index (χ0v) is 13.9. The van der Waals surface area contributed by atoms with Crippen LogP contribution in [0.5, 0.6) is 5.75 Å². The summed E-state index contributed by atoms with van der Waals surface area (Å²) in [6.45, 7) is 0. The van der Waals surface area contributed by atoms with Crippen LogP contribution >= 0.6 is 15.9 Å². The predicted molar refractivity (Wildman–Crippen MR) is 85.2 cm³/mol. The van der Waals surface area contributed by atoms with E-state index in [1.54, 1.807) is 0 Å². The van der Waals surface area contributed by atoms with Gasteiger partial charge in [-0.15, -0.1) is 13.2 Å². The van der Waals surface area contributed by atoms with Crippen molar-refractivity contribution in [2.75, 3.05) is 5.73 Å². The molecule has 1 aromatic carbocycles. The van der Waals surface area contributed by atoms with Gasteiger partial charge in [-0.25, -0.2) is 9.59 Å². The number of nitrogens with one attached hydrogen (secondary N) is 1. The van der Waals surface area contributed by atoms with Gasteiger partial charge in [-0.05, 0) is 23.8 Å². The number of aromatic nitrogens is 1. The monoisotopic (exact) mass is 436 g/mol. The molecule has 5 N–H and O–H groups in total. The van der Waals surface area contributed by atoms with Crippen molar-refractivity contribution in [1.82, 2.24) is 4.98 Å². The Morgan fingerprint density at radius 2 is 1.73 bits per heavy atom. The molecule has 12 heteroatoms. The molecule has 0 unspecified atom stereocenters. The molecule has 0 aliphatic heterocycles. The highest BCUT2D eigenvalue weighted by molar-refractivity contribution is 9.10. The van der Waals surface area contributed by atoms with Crippen molar-refractivity contribution >= 4 is 33.7 Å². The quantitative estimate of drug-likeness (QED) is 0.576. The zero-order valence-electron chi connectivity index (χ0n) is 12.3. The van der Waals surface area contributed by atoms with E-state index in [4.69, 9.17) is 5.73 Å². The molecule has 2 rings (SSSR count). The van der Waals surface area contributed by atoms with Crippen molar-refractivity contribution in [2.24, 2.45) is 0 Å². The molecule has 0 saturated heterocycles. The minimum Gasteiger partial charge on any atom is -0.478 e. The fourth-order valence-corrected chi connectivity index (χ4v) is 2.77. The second kappa shape index (κ2) is 6.71. The maximum Gasteiger partial charge on any atom is 0.573 e. The molecule has 8 nitrogen and oxygen atoms in total. The molecule has 0 aliphatic carbocycles. The van der Waals surface area contributed by atoms with Crippen LogP contribution in [0.1, 0.15) is 20.7 Å². The van der Waals surface area contributed by atoms with Crippen LogP contribution < -0.4 is 16.0 Å². The Morgan fingerprint density at radius 3 is 2.19 bits per heavy atom. The maximum atomic E-state index is 12.3. The van der Waals surface area contributed by atoms with Crippen LogP contribution in [0.4, 0.5) is 19.0 Å².